The molecule has 0 bridgehead atoms. The summed E-state index contributed by atoms with van der Waals surface area (Å²) < 4.78 is 44.9. The molecule has 4 rings (SSSR count). The minimum absolute atomic E-state index is 0.111. The molecule has 0 saturated carbocycles. The van der Waals surface area contributed by atoms with Crippen molar-refractivity contribution < 1.29 is 27.8 Å². The van der Waals surface area contributed by atoms with E-state index >= 15 is 0 Å². The molecule has 138 valence electrons. The van der Waals surface area contributed by atoms with Crippen molar-refractivity contribution in [2.75, 3.05) is 0 Å². The highest BCUT2D eigenvalue weighted by Crippen LogP contribution is 2.33. The zero-order valence-corrected chi connectivity index (χ0v) is 13.9. The van der Waals surface area contributed by atoms with Crippen LogP contribution in [0.1, 0.15) is 10.4 Å². The molecule has 0 radical (unpaired) electrons. The lowest BCUT2D eigenvalue weighted by Gasteiger charge is -2.11. The van der Waals surface area contributed by atoms with Crippen molar-refractivity contribution in [1.82, 2.24) is 14.3 Å². The molecule has 0 amide bonds. The summed E-state index contributed by atoms with van der Waals surface area (Å²) in [7, 11) is 1.71. The van der Waals surface area contributed by atoms with E-state index in [-0.39, 0.29) is 11.3 Å². The van der Waals surface area contributed by atoms with Gasteiger partial charge >= 0.3 is 12.3 Å². The Labute approximate surface area is 150 Å². The van der Waals surface area contributed by atoms with E-state index in [0.717, 1.165) is 0 Å². The van der Waals surface area contributed by atoms with Crippen molar-refractivity contribution in [2.24, 2.45) is 7.05 Å². The monoisotopic (exact) mass is 375 g/mol. The van der Waals surface area contributed by atoms with Crippen LogP contribution in [0.2, 0.25) is 0 Å². The van der Waals surface area contributed by atoms with Crippen molar-refractivity contribution in [1.29, 1.82) is 0 Å². The number of alkyl halides is 3. The van der Waals surface area contributed by atoms with Crippen molar-refractivity contribution in [3.63, 3.8) is 0 Å². The number of ether oxygens (including phenoxy) is 1. The molecule has 2 aromatic carbocycles. The van der Waals surface area contributed by atoms with Crippen molar-refractivity contribution >= 4 is 27.9 Å². The first kappa shape index (κ1) is 17.0. The summed E-state index contributed by atoms with van der Waals surface area (Å²) in [5.41, 5.74) is 1.65. The number of hydrogen-bond donors (Lipinski definition) is 1. The van der Waals surface area contributed by atoms with Gasteiger partial charge in [-0.05, 0) is 30.3 Å². The lowest BCUT2D eigenvalue weighted by molar-refractivity contribution is -0.274. The largest absolute Gasteiger partial charge is 0.573 e. The number of nitrogens with zero attached hydrogens (tertiary/aromatic N) is 3. The maximum absolute atomic E-state index is 12.5. The standard InChI is InChI=1S/C18H12F3N3O3/c1-23-9-14-13-7-10(17(25)26)5-6-15(13)24(16(14)22-23)11-3-2-4-12(8-11)27-18(19,20)21/h2-9H,1H3,(H,25,26). The average molecular weight is 375 g/mol. The summed E-state index contributed by atoms with van der Waals surface area (Å²) in [6.07, 6.45) is -3.07. The Bertz CT molecular complexity index is 1190. The number of hydrogen-bond acceptors (Lipinski definition) is 3. The van der Waals surface area contributed by atoms with Crippen LogP contribution in [0.3, 0.4) is 0 Å². The van der Waals surface area contributed by atoms with Gasteiger partial charge in [0.1, 0.15) is 5.75 Å². The summed E-state index contributed by atoms with van der Waals surface area (Å²) in [6.45, 7) is 0. The predicted octanol–water partition coefficient (Wildman–Crippen LogP) is 4.11. The van der Waals surface area contributed by atoms with Crippen LogP contribution >= 0.6 is 0 Å². The average Bonchev–Trinajstić information content (AvgIpc) is 3.07. The van der Waals surface area contributed by atoms with Gasteiger partial charge in [0.25, 0.3) is 0 Å². The highest BCUT2D eigenvalue weighted by Gasteiger charge is 2.31. The van der Waals surface area contributed by atoms with Crippen LogP contribution in [0.25, 0.3) is 27.6 Å². The normalized spacial score (nSPS) is 12.0. The molecule has 0 aliphatic heterocycles. The summed E-state index contributed by atoms with van der Waals surface area (Å²) in [4.78, 5) is 11.3. The highest BCUT2D eigenvalue weighted by atomic mass is 19.4. The molecule has 0 aliphatic carbocycles. The smallest absolute Gasteiger partial charge is 0.478 e. The van der Waals surface area contributed by atoms with Crippen LogP contribution < -0.4 is 4.74 Å². The van der Waals surface area contributed by atoms with E-state index < -0.39 is 12.3 Å². The van der Waals surface area contributed by atoms with Crippen LogP contribution in [-0.4, -0.2) is 31.8 Å². The van der Waals surface area contributed by atoms with Gasteiger partial charge in [-0.25, -0.2) is 4.79 Å². The number of aromatic carboxylic acids is 1. The zero-order chi connectivity index (χ0) is 19.3. The minimum atomic E-state index is -4.80. The maximum atomic E-state index is 12.5. The first-order valence-electron chi connectivity index (χ1n) is 7.80. The van der Waals surface area contributed by atoms with Crippen LogP contribution in [0.5, 0.6) is 5.75 Å². The molecule has 0 fully saturated rings. The third-order valence-electron chi connectivity index (χ3n) is 4.11. The Kier molecular flexibility index (Phi) is 3.62. The summed E-state index contributed by atoms with van der Waals surface area (Å²) in [6, 6.07) is 10.1. The third kappa shape index (κ3) is 2.97. The van der Waals surface area contributed by atoms with Gasteiger partial charge in [-0.2, -0.15) is 5.10 Å². The fourth-order valence-electron chi connectivity index (χ4n) is 3.11. The van der Waals surface area contributed by atoms with E-state index in [2.05, 4.69) is 9.84 Å². The van der Waals surface area contributed by atoms with Crippen LogP contribution in [0.15, 0.2) is 48.7 Å². The second kappa shape index (κ2) is 5.76. The zero-order valence-electron chi connectivity index (χ0n) is 13.9. The first-order chi connectivity index (χ1) is 12.7. The molecule has 0 saturated heterocycles. The summed E-state index contributed by atoms with van der Waals surface area (Å²) in [5, 5.41) is 14.9. The molecule has 2 aromatic heterocycles. The number of aromatic nitrogens is 3. The van der Waals surface area contributed by atoms with E-state index in [0.29, 0.717) is 27.6 Å². The van der Waals surface area contributed by atoms with E-state index in [1.807, 2.05) is 0 Å². The second-order valence-corrected chi connectivity index (χ2v) is 5.96. The van der Waals surface area contributed by atoms with Gasteiger partial charge in [0.15, 0.2) is 5.65 Å². The van der Waals surface area contributed by atoms with Gasteiger partial charge in [-0.15, -0.1) is 13.2 Å². The molecule has 0 spiro atoms. The van der Waals surface area contributed by atoms with Gasteiger partial charge < -0.3 is 9.84 Å². The van der Waals surface area contributed by atoms with Gasteiger partial charge in [-0.1, -0.05) is 6.07 Å². The fourth-order valence-corrected chi connectivity index (χ4v) is 3.11. The van der Waals surface area contributed by atoms with Crippen LogP contribution in [0.4, 0.5) is 13.2 Å². The number of carbonyl (C=O) groups is 1. The number of halogens is 3. The molecule has 4 aromatic rings. The van der Waals surface area contributed by atoms with E-state index in [1.165, 1.54) is 30.3 Å². The predicted molar refractivity (Wildman–Crippen MR) is 91.2 cm³/mol. The minimum Gasteiger partial charge on any atom is -0.478 e. The maximum Gasteiger partial charge on any atom is 0.573 e. The Balaban J connectivity index is 1.98. The number of aryl methyl sites for hydroxylation is 1. The van der Waals surface area contributed by atoms with Crippen molar-refractivity contribution in [3.8, 4) is 11.4 Å². The Hall–Kier alpha value is -3.49. The summed E-state index contributed by atoms with van der Waals surface area (Å²) in [5.74, 6) is -1.42. The molecule has 0 aliphatic rings. The second-order valence-electron chi connectivity index (χ2n) is 5.96. The molecular formula is C18H12F3N3O3. The van der Waals surface area contributed by atoms with Gasteiger partial charge in [0.05, 0.1) is 16.8 Å². The molecule has 9 heteroatoms. The van der Waals surface area contributed by atoms with Crippen molar-refractivity contribution in [2.45, 2.75) is 6.36 Å². The number of carboxylic acids is 1. The molecular weight excluding hydrogens is 363 g/mol. The highest BCUT2D eigenvalue weighted by molar-refractivity contribution is 6.09. The topological polar surface area (TPSA) is 69.3 Å². The first-order valence-corrected chi connectivity index (χ1v) is 7.80. The Morgan fingerprint density at radius 3 is 2.63 bits per heavy atom. The third-order valence-corrected chi connectivity index (χ3v) is 4.11. The Morgan fingerprint density at radius 2 is 1.93 bits per heavy atom. The Morgan fingerprint density at radius 1 is 1.15 bits per heavy atom. The lowest BCUT2D eigenvalue weighted by atomic mass is 10.1. The van der Waals surface area contributed by atoms with E-state index in [9.17, 15) is 23.1 Å². The lowest BCUT2D eigenvalue weighted by Crippen LogP contribution is -2.17. The quantitative estimate of drug-likeness (QED) is 0.585. The molecule has 0 unspecified atom stereocenters. The van der Waals surface area contributed by atoms with Gasteiger partial charge in [-0.3, -0.25) is 9.25 Å². The van der Waals surface area contributed by atoms with E-state index in [1.54, 1.807) is 34.6 Å². The molecule has 6 nitrogen and oxygen atoms in total. The number of benzene rings is 2. The number of carboxylic acid groups (broad SMARTS) is 1. The molecule has 1 N–H and O–H groups in total. The van der Waals surface area contributed by atoms with Gasteiger partial charge in [0.2, 0.25) is 0 Å². The fraction of sp³-hybridized carbons (Fsp3) is 0.111. The van der Waals surface area contributed by atoms with Crippen LogP contribution in [0, 0.1) is 0 Å². The SMILES string of the molecule is Cn1cc2c3cc(C(=O)O)ccc3n(-c3cccc(OC(F)(F)F)c3)c2n1. The number of fused-ring (bicyclic) bond motifs is 3. The van der Waals surface area contributed by atoms with Crippen LogP contribution in [-0.2, 0) is 7.05 Å². The van der Waals surface area contributed by atoms with Crippen molar-refractivity contribution in [3.05, 3.63) is 54.2 Å². The summed E-state index contributed by atoms with van der Waals surface area (Å²) >= 11 is 0. The number of rotatable bonds is 3. The molecule has 2 heterocycles. The van der Waals surface area contributed by atoms with E-state index in [4.69, 9.17) is 0 Å². The van der Waals surface area contributed by atoms with Gasteiger partial charge in [0, 0.05) is 30.1 Å². The molecule has 0 atom stereocenters. The molecule has 27 heavy (non-hydrogen) atoms.